The largest absolute Gasteiger partial charge is 0.465 e. The second kappa shape index (κ2) is 9.45. The Bertz CT molecular complexity index is 1690. The Labute approximate surface area is 218 Å². The lowest BCUT2D eigenvalue weighted by atomic mass is 9.83. The number of fused-ring (bicyclic) bond motifs is 2. The molecule has 0 fully saturated rings. The number of carbonyl (C=O) groups excluding carboxylic acids is 2. The molecule has 8 heteroatoms. The van der Waals surface area contributed by atoms with Crippen LogP contribution in [0.15, 0.2) is 70.5 Å². The molecule has 190 valence electrons. The summed E-state index contributed by atoms with van der Waals surface area (Å²) < 4.78 is 22.0. The van der Waals surface area contributed by atoms with Gasteiger partial charge in [0.2, 0.25) is 11.6 Å². The molecular formula is C30H24N2O6. The first kappa shape index (κ1) is 24.7. The fourth-order valence-corrected chi connectivity index (χ4v) is 4.91. The van der Waals surface area contributed by atoms with Crippen LogP contribution in [0.3, 0.4) is 0 Å². The summed E-state index contributed by atoms with van der Waals surface area (Å²) in [5.74, 6) is -0.981. The summed E-state index contributed by atoms with van der Waals surface area (Å²) >= 11 is 0. The fourth-order valence-electron chi connectivity index (χ4n) is 4.91. The average molecular weight is 509 g/mol. The summed E-state index contributed by atoms with van der Waals surface area (Å²) in [6, 6.07) is 17.7. The number of allylic oxidation sites excluding steroid dienone is 1. The van der Waals surface area contributed by atoms with Crippen LogP contribution in [0.5, 0.6) is 11.5 Å². The molecule has 5 rings (SSSR count). The Morgan fingerprint density at radius 1 is 1.00 bits per heavy atom. The van der Waals surface area contributed by atoms with Gasteiger partial charge < -0.3 is 24.4 Å². The van der Waals surface area contributed by atoms with Gasteiger partial charge in [0.05, 0.1) is 18.6 Å². The summed E-state index contributed by atoms with van der Waals surface area (Å²) in [7, 11) is 1.31. The minimum Gasteiger partial charge on any atom is -0.465 e. The van der Waals surface area contributed by atoms with Crippen LogP contribution in [0.2, 0.25) is 0 Å². The van der Waals surface area contributed by atoms with Crippen LogP contribution in [0, 0.1) is 32.1 Å². The van der Waals surface area contributed by atoms with Gasteiger partial charge in [0, 0.05) is 22.6 Å². The monoisotopic (exact) mass is 508 g/mol. The number of carbonyl (C=O) groups is 2. The molecule has 2 N–H and O–H groups in total. The Balaban J connectivity index is 1.48. The van der Waals surface area contributed by atoms with Crippen molar-refractivity contribution in [3.05, 3.63) is 105 Å². The van der Waals surface area contributed by atoms with E-state index in [1.165, 1.54) is 7.11 Å². The highest BCUT2D eigenvalue weighted by atomic mass is 16.5. The van der Waals surface area contributed by atoms with Gasteiger partial charge in [-0.3, -0.25) is 0 Å². The van der Waals surface area contributed by atoms with Gasteiger partial charge in [-0.15, -0.1) is 0 Å². The molecule has 4 aromatic rings. The minimum atomic E-state index is -0.636. The molecule has 0 saturated carbocycles. The molecule has 3 aromatic carbocycles. The lowest BCUT2D eigenvalue weighted by Crippen LogP contribution is -2.21. The summed E-state index contributed by atoms with van der Waals surface area (Å²) in [5, 5.41) is 10.7. The third kappa shape index (κ3) is 4.14. The van der Waals surface area contributed by atoms with Crippen LogP contribution in [0.4, 0.5) is 0 Å². The van der Waals surface area contributed by atoms with Crippen molar-refractivity contribution in [3.63, 3.8) is 0 Å². The van der Waals surface area contributed by atoms with Crippen LogP contribution in [-0.4, -0.2) is 19.0 Å². The second-order valence-corrected chi connectivity index (χ2v) is 9.14. The number of esters is 2. The van der Waals surface area contributed by atoms with E-state index >= 15 is 0 Å². The highest BCUT2D eigenvalue weighted by molar-refractivity contribution is 5.98. The zero-order valence-electron chi connectivity index (χ0n) is 21.2. The van der Waals surface area contributed by atoms with Gasteiger partial charge in [-0.1, -0.05) is 24.3 Å². The van der Waals surface area contributed by atoms with E-state index in [0.29, 0.717) is 28.0 Å². The number of methoxy groups -OCH3 is 1. The predicted octanol–water partition coefficient (Wildman–Crippen LogP) is 5.58. The molecule has 8 nitrogen and oxygen atoms in total. The number of furan rings is 1. The fraction of sp³-hybridized carbons (Fsp3) is 0.167. The maximum atomic E-state index is 13.1. The molecule has 1 atom stereocenters. The lowest BCUT2D eigenvalue weighted by Gasteiger charge is -2.26. The Morgan fingerprint density at radius 2 is 1.74 bits per heavy atom. The molecular weight excluding hydrogens is 484 g/mol. The molecule has 0 bridgehead atoms. The van der Waals surface area contributed by atoms with Gasteiger partial charge in [0.1, 0.15) is 28.7 Å². The van der Waals surface area contributed by atoms with E-state index < -0.39 is 17.9 Å². The summed E-state index contributed by atoms with van der Waals surface area (Å²) in [4.78, 5) is 24.9. The molecule has 0 radical (unpaired) electrons. The smallest absolute Gasteiger partial charge is 0.379 e. The summed E-state index contributed by atoms with van der Waals surface area (Å²) in [5.41, 5.74) is 11.5. The number of hydrogen-bond donors (Lipinski definition) is 1. The number of hydrogen-bond acceptors (Lipinski definition) is 8. The van der Waals surface area contributed by atoms with E-state index in [2.05, 4.69) is 6.07 Å². The minimum absolute atomic E-state index is 0.0514. The van der Waals surface area contributed by atoms with E-state index in [1.807, 2.05) is 32.9 Å². The number of nitriles is 1. The number of ether oxygens (including phenoxy) is 3. The Hall–Kier alpha value is -5.03. The van der Waals surface area contributed by atoms with Crippen molar-refractivity contribution in [2.75, 3.05) is 7.11 Å². The van der Waals surface area contributed by atoms with E-state index in [1.54, 1.807) is 42.5 Å². The van der Waals surface area contributed by atoms with Gasteiger partial charge in [-0.05, 0) is 61.7 Å². The predicted molar refractivity (Wildman–Crippen MR) is 139 cm³/mol. The van der Waals surface area contributed by atoms with Crippen molar-refractivity contribution < 1.29 is 28.2 Å². The van der Waals surface area contributed by atoms with Crippen molar-refractivity contribution in [2.45, 2.75) is 26.7 Å². The number of nitrogens with two attached hydrogens (primary N) is 1. The zero-order valence-corrected chi connectivity index (χ0v) is 21.2. The normalized spacial score (nSPS) is 14.4. The van der Waals surface area contributed by atoms with Crippen LogP contribution < -0.4 is 15.2 Å². The van der Waals surface area contributed by atoms with Gasteiger partial charge >= 0.3 is 11.9 Å². The average Bonchev–Trinajstić information content (AvgIpc) is 3.23. The SMILES string of the molecule is COC(=O)c1ccc(C2C(C#N)=C(N)Oc3cc(OC(=O)c4oc5cc(C)cc(C)c5c4C)ccc32)cc1. The molecule has 0 spiro atoms. The summed E-state index contributed by atoms with van der Waals surface area (Å²) in [6.07, 6.45) is 0. The molecule has 1 unspecified atom stereocenters. The van der Waals surface area contributed by atoms with Gasteiger partial charge in [-0.2, -0.15) is 5.26 Å². The second-order valence-electron chi connectivity index (χ2n) is 9.14. The standard InChI is InChI=1S/C30H24N2O6/c1-15-11-16(2)25-17(3)27(37-24(25)12-15)30(34)36-20-9-10-21-23(13-20)38-28(32)22(14-31)26(21)18-5-7-19(8-6-18)29(33)35-4/h5-13,26H,32H2,1-4H3. The van der Waals surface area contributed by atoms with Crippen molar-refractivity contribution in [1.82, 2.24) is 0 Å². The van der Waals surface area contributed by atoms with Crippen molar-refractivity contribution in [2.24, 2.45) is 5.73 Å². The number of nitrogens with zero attached hydrogens (tertiary/aromatic N) is 1. The first-order valence-electron chi connectivity index (χ1n) is 11.8. The number of aryl methyl sites for hydroxylation is 3. The molecule has 2 heterocycles. The molecule has 1 aliphatic rings. The maximum Gasteiger partial charge on any atom is 0.379 e. The van der Waals surface area contributed by atoms with Crippen LogP contribution in [0.25, 0.3) is 11.0 Å². The third-order valence-corrected chi connectivity index (χ3v) is 6.62. The van der Waals surface area contributed by atoms with Crippen molar-refractivity contribution >= 4 is 22.9 Å². The van der Waals surface area contributed by atoms with Gasteiger partial charge in [-0.25, -0.2) is 9.59 Å². The molecule has 1 aromatic heterocycles. The van der Waals surface area contributed by atoms with Crippen LogP contribution >= 0.6 is 0 Å². The molecule has 0 amide bonds. The molecule has 0 saturated heterocycles. The Kier molecular flexibility index (Phi) is 6.13. The topological polar surface area (TPSA) is 125 Å². The number of benzene rings is 3. The molecule has 0 aliphatic carbocycles. The van der Waals surface area contributed by atoms with E-state index in [9.17, 15) is 14.9 Å². The highest BCUT2D eigenvalue weighted by Crippen LogP contribution is 2.43. The van der Waals surface area contributed by atoms with Gasteiger partial charge in [0.25, 0.3) is 0 Å². The lowest BCUT2D eigenvalue weighted by molar-refractivity contribution is 0.0600. The molecule has 1 aliphatic heterocycles. The molecule has 38 heavy (non-hydrogen) atoms. The van der Waals surface area contributed by atoms with E-state index in [0.717, 1.165) is 22.1 Å². The third-order valence-electron chi connectivity index (χ3n) is 6.62. The van der Waals surface area contributed by atoms with Crippen LogP contribution in [-0.2, 0) is 4.74 Å². The number of rotatable bonds is 4. The quantitative estimate of drug-likeness (QED) is 0.280. The van der Waals surface area contributed by atoms with Crippen LogP contribution in [0.1, 0.15) is 54.6 Å². The highest BCUT2D eigenvalue weighted by Gasteiger charge is 2.31. The van der Waals surface area contributed by atoms with E-state index in [4.69, 9.17) is 24.4 Å². The summed E-state index contributed by atoms with van der Waals surface area (Å²) in [6.45, 7) is 5.76. The first-order chi connectivity index (χ1) is 18.2. The Morgan fingerprint density at radius 3 is 2.42 bits per heavy atom. The maximum absolute atomic E-state index is 13.1. The van der Waals surface area contributed by atoms with Crippen molar-refractivity contribution in [3.8, 4) is 17.6 Å². The van der Waals surface area contributed by atoms with Gasteiger partial charge in [0.15, 0.2) is 0 Å². The first-order valence-corrected chi connectivity index (χ1v) is 11.8. The zero-order chi connectivity index (χ0) is 27.1. The van der Waals surface area contributed by atoms with Crippen molar-refractivity contribution in [1.29, 1.82) is 5.26 Å². The van der Waals surface area contributed by atoms with E-state index in [-0.39, 0.29) is 23.0 Å².